The second-order valence-corrected chi connectivity index (χ2v) is 9.15. The Labute approximate surface area is 189 Å². The molecular weight excluding hydrogens is 410 g/mol. The number of carbonyl (C=O) groups is 2. The zero-order valence-electron chi connectivity index (χ0n) is 18.7. The first-order valence-corrected chi connectivity index (χ1v) is 10.7. The predicted octanol–water partition coefficient (Wildman–Crippen LogP) is 4.36. The lowest BCUT2D eigenvalue weighted by molar-refractivity contribution is 0.0934. The molecule has 2 rings (SSSR count). The highest BCUT2D eigenvalue weighted by Gasteiger charge is 2.15. The molecule has 0 heterocycles. The molecule has 2 aromatic rings. The number of hydrogen-bond donors (Lipinski definition) is 3. The zero-order valence-corrected chi connectivity index (χ0v) is 19.6. The minimum atomic E-state index is -0.375. The first kappa shape index (κ1) is 24.3. The first-order chi connectivity index (χ1) is 14.6. The van der Waals surface area contributed by atoms with Gasteiger partial charge in [-0.1, -0.05) is 46.8 Å². The molecule has 6 nitrogen and oxygen atoms in total. The molecule has 0 bridgehead atoms. The molecule has 0 aliphatic rings. The van der Waals surface area contributed by atoms with Crippen LogP contribution in [0.2, 0.25) is 0 Å². The standard InChI is InChI=1S/C24H31N3O3S/c1-16(2)14-15-30-20-12-8-18(9-13-20)22(29)26-27-23(31)25-21(28)17-6-10-19(11-7-17)24(3,4)5/h6-13,16H,14-15H2,1-5H3,(H,26,29)(H2,25,27,28,31). The van der Waals surface area contributed by atoms with E-state index in [1.54, 1.807) is 36.4 Å². The van der Waals surface area contributed by atoms with Crippen molar-refractivity contribution in [1.82, 2.24) is 16.2 Å². The molecule has 2 aromatic carbocycles. The average Bonchev–Trinajstić information content (AvgIpc) is 2.71. The number of ether oxygens (including phenoxy) is 1. The second kappa shape index (κ2) is 10.9. The Bertz CT molecular complexity index is 901. The molecule has 0 saturated heterocycles. The summed E-state index contributed by atoms with van der Waals surface area (Å²) < 4.78 is 5.65. The SMILES string of the molecule is CC(C)CCOc1ccc(C(=O)NNC(=S)NC(=O)c2ccc(C(C)(C)C)cc2)cc1. The molecule has 7 heteroatoms. The van der Waals surface area contributed by atoms with Gasteiger partial charge in [-0.2, -0.15) is 0 Å². The van der Waals surface area contributed by atoms with Crippen molar-refractivity contribution in [2.24, 2.45) is 5.92 Å². The summed E-state index contributed by atoms with van der Waals surface area (Å²) in [6.45, 7) is 11.2. The van der Waals surface area contributed by atoms with Crippen LogP contribution in [-0.4, -0.2) is 23.5 Å². The molecule has 0 fully saturated rings. The van der Waals surface area contributed by atoms with Crippen molar-refractivity contribution in [1.29, 1.82) is 0 Å². The molecule has 0 aliphatic heterocycles. The van der Waals surface area contributed by atoms with Crippen molar-refractivity contribution in [3.8, 4) is 5.75 Å². The lowest BCUT2D eigenvalue weighted by Crippen LogP contribution is -2.48. The van der Waals surface area contributed by atoms with Gasteiger partial charge in [0.1, 0.15) is 5.75 Å². The Kier molecular flexibility index (Phi) is 8.56. The quantitative estimate of drug-likeness (QED) is 0.459. The number of thiocarbonyl (C=S) groups is 1. The van der Waals surface area contributed by atoms with Crippen molar-refractivity contribution < 1.29 is 14.3 Å². The fraction of sp³-hybridized carbons (Fsp3) is 0.375. The van der Waals surface area contributed by atoms with Crippen LogP contribution in [0.4, 0.5) is 0 Å². The van der Waals surface area contributed by atoms with Crippen LogP contribution < -0.4 is 20.9 Å². The number of hydrogen-bond acceptors (Lipinski definition) is 4. The zero-order chi connectivity index (χ0) is 23.0. The number of amides is 2. The van der Waals surface area contributed by atoms with Crippen molar-refractivity contribution in [2.75, 3.05) is 6.61 Å². The van der Waals surface area contributed by atoms with E-state index in [0.717, 1.165) is 12.0 Å². The highest BCUT2D eigenvalue weighted by molar-refractivity contribution is 7.80. The Morgan fingerprint density at radius 1 is 0.903 bits per heavy atom. The Balaban J connectivity index is 1.81. The van der Waals surface area contributed by atoms with Gasteiger partial charge in [-0.3, -0.25) is 25.8 Å². The largest absolute Gasteiger partial charge is 0.494 e. The lowest BCUT2D eigenvalue weighted by atomic mass is 9.87. The maximum absolute atomic E-state index is 12.3. The normalized spacial score (nSPS) is 11.0. The van der Waals surface area contributed by atoms with E-state index >= 15 is 0 Å². The van der Waals surface area contributed by atoms with Crippen LogP contribution >= 0.6 is 12.2 Å². The van der Waals surface area contributed by atoms with E-state index in [1.807, 2.05) is 12.1 Å². The van der Waals surface area contributed by atoms with Crippen molar-refractivity contribution >= 4 is 29.1 Å². The first-order valence-electron chi connectivity index (χ1n) is 10.3. The molecule has 0 atom stereocenters. The predicted molar refractivity (Wildman–Crippen MR) is 127 cm³/mol. The van der Waals surface area contributed by atoms with Crippen LogP contribution in [0.1, 0.15) is 67.3 Å². The van der Waals surface area contributed by atoms with Crippen molar-refractivity contribution in [3.63, 3.8) is 0 Å². The van der Waals surface area contributed by atoms with Crippen molar-refractivity contribution in [3.05, 3.63) is 65.2 Å². The van der Waals surface area contributed by atoms with Crippen molar-refractivity contribution in [2.45, 2.75) is 46.5 Å². The summed E-state index contributed by atoms with van der Waals surface area (Å²) in [6, 6.07) is 14.2. The summed E-state index contributed by atoms with van der Waals surface area (Å²) in [4.78, 5) is 24.6. The third-order valence-corrected chi connectivity index (χ3v) is 4.81. The van der Waals surface area contributed by atoms with E-state index < -0.39 is 0 Å². The van der Waals surface area contributed by atoms with E-state index in [0.29, 0.717) is 29.4 Å². The van der Waals surface area contributed by atoms with Gasteiger partial charge < -0.3 is 4.74 Å². The number of hydrazine groups is 1. The third-order valence-electron chi connectivity index (χ3n) is 4.61. The number of nitrogens with one attached hydrogen (secondary N) is 3. The monoisotopic (exact) mass is 441 g/mol. The highest BCUT2D eigenvalue weighted by Crippen LogP contribution is 2.22. The van der Waals surface area contributed by atoms with E-state index in [-0.39, 0.29) is 22.3 Å². The van der Waals surface area contributed by atoms with Gasteiger partial charge in [0, 0.05) is 11.1 Å². The van der Waals surface area contributed by atoms with E-state index in [1.165, 1.54) is 0 Å². The third kappa shape index (κ3) is 8.02. The van der Waals surface area contributed by atoms with Crippen LogP contribution in [0.15, 0.2) is 48.5 Å². The Hall–Kier alpha value is -2.93. The van der Waals surface area contributed by atoms with E-state index in [2.05, 4.69) is 50.8 Å². The Morgan fingerprint density at radius 3 is 2.00 bits per heavy atom. The minimum Gasteiger partial charge on any atom is -0.494 e. The fourth-order valence-electron chi connectivity index (χ4n) is 2.63. The smallest absolute Gasteiger partial charge is 0.269 e. The number of rotatable bonds is 6. The van der Waals surface area contributed by atoms with Gasteiger partial charge in [0.2, 0.25) is 0 Å². The van der Waals surface area contributed by atoms with Gasteiger partial charge in [0.25, 0.3) is 11.8 Å². The Morgan fingerprint density at radius 2 is 1.45 bits per heavy atom. The van der Waals surface area contributed by atoms with Crippen LogP contribution in [0.25, 0.3) is 0 Å². The lowest BCUT2D eigenvalue weighted by Gasteiger charge is -2.19. The van der Waals surface area contributed by atoms with Gasteiger partial charge in [-0.05, 0) is 71.9 Å². The van der Waals surface area contributed by atoms with Gasteiger partial charge in [0.05, 0.1) is 6.61 Å². The summed E-state index contributed by atoms with van der Waals surface area (Å²) in [5, 5.41) is 2.56. The fourth-order valence-corrected chi connectivity index (χ4v) is 2.77. The van der Waals surface area contributed by atoms with Crippen LogP contribution in [0.5, 0.6) is 5.75 Å². The molecule has 0 radical (unpaired) electrons. The summed E-state index contributed by atoms with van der Waals surface area (Å²) in [5.41, 5.74) is 7.09. The molecule has 2 amide bonds. The number of benzene rings is 2. The summed E-state index contributed by atoms with van der Waals surface area (Å²) in [6.07, 6.45) is 0.968. The van der Waals surface area contributed by atoms with Gasteiger partial charge in [0.15, 0.2) is 5.11 Å². The van der Waals surface area contributed by atoms with Crippen LogP contribution in [-0.2, 0) is 5.41 Å². The molecule has 0 aliphatic carbocycles. The molecule has 3 N–H and O–H groups in total. The molecule has 0 spiro atoms. The van der Waals surface area contributed by atoms with E-state index in [9.17, 15) is 9.59 Å². The summed E-state index contributed by atoms with van der Waals surface area (Å²) in [7, 11) is 0. The molecule has 0 saturated carbocycles. The number of carbonyl (C=O) groups excluding carboxylic acids is 2. The molecule has 166 valence electrons. The average molecular weight is 442 g/mol. The summed E-state index contributed by atoms with van der Waals surface area (Å²) >= 11 is 5.10. The molecule has 0 aromatic heterocycles. The second-order valence-electron chi connectivity index (χ2n) is 8.75. The van der Waals surface area contributed by atoms with Gasteiger partial charge >= 0.3 is 0 Å². The van der Waals surface area contributed by atoms with Crippen LogP contribution in [0, 0.1) is 5.92 Å². The maximum atomic E-state index is 12.3. The maximum Gasteiger partial charge on any atom is 0.269 e. The molecule has 0 unspecified atom stereocenters. The van der Waals surface area contributed by atoms with E-state index in [4.69, 9.17) is 17.0 Å². The highest BCUT2D eigenvalue weighted by atomic mass is 32.1. The van der Waals surface area contributed by atoms with Gasteiger partial charge in [-0.25, -0.2) is 0 Å². The van der Waals surface area contributed by atoms with Crippen LogP contribution in [0.3, 0.4) is 0 Å². The molecule has 31 heavy (non-hydrogen) atoms. The summed E-state index contributed by atoms with van der Waals surface area (Å²) in [5.74, 6) is 0.559. The van der Waals surface area contributed by atoms with Gasteiger partial charge in [-0.15, -0.1) is 0 Å². The minimum absolute atomic E-state index is 0.00638. The topological polar surface area (TPSA) is 79.5 Å². The molecular formula is C24H31N3O3S.